The van der Waals surface area contributed by atoms with Gasteiger partial charge in [-0.1, -0.05) is 31.9 Å². The number of likely N-dealkylation sites (tertiary alicyclic amines) is 1. The summed E-state index contributed by atoms with van der Waals surface area (Å²) in [7, 11) is 2.94. The number of esters is 1. The SMILES string of the molecule is COc1ccc(OC)c(NC(=O)COC(=O)CN2C(=O)[C@@H]3C[C@H](Br)[C@@H](Br)C[C@H]3C2=O)c1. The van der Waals surface area contributed by atoms with Crippen LogP contribution in [0.15, 0.2) is 18.2 Å². The van der Waals surface area contributed by atoms with Crippen LogP contribution >= 0.6 is 31.9 Å². The summed E-state index contributed by atoms with van der Waals surface area (Å²) in [5, 5.41) is 2.57. The highest BCUT2D eigenvalue weighted by Gasteiger charge is 2.52. The van der Waals surface area contributed by atoms with Gasteiger partial charge >= 0.3 is 5.97 Å². The first-order chi connectivity index (χ1) is 14.7. The normalized spacial score (nSPS) is 25.1. The largest absolute Gasteiger partial charge is 0.497 e. The van der Waals surface area contributed by atoms with E-state index in [0.717, 1.165) is 4.90 Å². The molecule has 1 aliphatic carbocycles. The van der Waals surface area contributed by atoms with Crippen molar-refractivity contribution < 1.29 is 33.4 Å². The minimum Gasteiger partial charge on any atom is -0.497 e. The highest BCUT2D eigenvalue weighted by molar-refractivity contribution is 9.12. The number of anilines is 1. The lowest BCUT2D eigenvalue weighted by Crippen LogP contribution is -2.37. The van der Waals surface area contributed by atoms with Crippen molar-refractivity contribution in [2.45, 2.75) is 22.5 Å². The third kappa shape index (κ3) is 5.20. The summed E-state index contributed by atoms with van der Waals surface area (Å²) in [6, 6.07) is 4.86. The number of nitrogens with zero attached hydrogens (tertiary/aromatic N) is 1. The fourth-order valence-electron chi connectivity index (χ4n) is 3.74. The fraction of sp³-hybridized carbons (Fsp3) is 0.500. The average Bonchev–Trinajstić information content (AvgIpc) is 2.96. The van der Waals surface area contributed by atoms with Crippen LogP contribution < -0.4 is 14.8 Å². The third-order valence-electron chi connectivity index (χ3n) is 5.34. The second-order valence-corrected chi connectivity index (χ2v) is 9.61. The minimum atomic E-state index is -0.834. The summed E-state index contributed by atoms with van der Waals surface area (Å²) in [6.07, 6.45) is 1.03. The molecule has 11 heteroatoms. The van der Waals surface area contributed by atoms with Crippen molar-refractivity contribution in [1.82, 2.24) is 4.90 Å². The molecule has 31 heavy (non-hydrogen) atoms. The lowest BCUT2D eigenvalue weighted by Gasteiger charge is -2.29. The Morgan fingerprint density at radius 2 is 1.68 bits per heavy atom. The topological polar surface area (TPSA) is 111 Å². The van der Waals surface area contributed by atoms with Crippen LogP contribution in [0.3, 0.4) is 0 Å². The van der Waals surface area contributed by atoms with Gasteiger partial charge in [0, 0.05) is 15.7 Å². The van der Waals surface area contributed by atoms with Gasteiger partial charge in [0.05, 0.1) is 31.7 Å². The molecule has 4 atom stereocenters. The first-order valence-corrected chi connectivity index (χ1v) is 11.4. The highest BCUT2D eigenvalue weighted by Crippen LogP contribution is 2.43. The van der Waals surface area contributed by atoms with E-state index >= 15 is 0 Å². The molecule has 0 spiro atoms. The van der Waals surface area contributed by atoms with Crippen LogP contribution in [0.5, 0.6) is 11.5 Å². The van der Waals surface area contributed by atoms with Gasteiger partial charge in [-0.05, 0) is 25.0 Å². The van der Waals surface area contributed by atoms with E-state index in [1.807, 2.05) is 0 Å². The van der Waals surface area contributed by atoms with Crippen LogP contribution in [-0.2, 0) is 23.9 Å². The maximum atomic E-state index is 12.6. The molecular weight excluding hydrogens is 540 g/mol. The van der Waals surface area contributed by atoms with Crippen LogP contribution in [0.25, 0.3) is 0 Å². The number of nitrogens with one attached hydrogen (secondary N) is 1. The zero-order chi connectivity index (χ0) is 22.7. The molecule has 2 fully saturated rings. The first kappa shape index (κ1) is 23.5. The Morgan fingerprint density at radius 3 is 2.23 bits per heavy atom. The van der Waals surface area contributed by atoms with Crippen LogP contribution in [0.2, 0.25) is 0 Å². The standard InChI is InChI=1S/C20H22Br2N2O7/c1-29-10-3-4-16(30-2)15(5-10)23-17(25)9-31-18(26)8-24-19(27)11-6-13(21)14(22)7-12(11)20(24)28/h3-5,11-14H,6-9H2,1-2H3,(H,23,25)/t11-,12-,13+,14+/m1/s1. The highest BCUT2D eigenvalue weighted by atomic mass is 79.9. The zero-order valence-corrected chi connectivity index (χ0v) is 20.1. The minimum absolute atomic E-state index is 0.0784. The number of hydrogen-bond acceptors (Lipinski definition) is 7. The Bertz CT molecular complexity index is 866. The van der Waals surface area contributed by atoms with E-state index in [9.17, 15) is 19.2 Å². The van der Waals surface area contributed by atoms with Crippen molar-refractivity contribution in [1.29, 1.82) is 0 Å². The number of carbonyl (C=O) groups excluding carboxylic acids is 4. The number of fused-ring (bicyclic) bond motifs is 1. The number of alkyl halides is 2. The number of amides is 3. The van der Waals surface area contributed by atoms with Crippen molar-refractivity contribution in [3.63, 3.8) is 0 Å². The van der Waals surface area contributed by atoms with Crippen LogP contribution in [-0.4, -0.2) is 65.6 Å². The number of carbonyl (C=O) groups is 4. The van der Waals surface area contributed by atoms with Crippen molar-refractivity contribution in [2.24, 2.45) is 11.8 Å². The number of rotatable bonds is 7. The first-order valence-electron chi connectivity index (χ1n) is 9.56. The molecular formula is C20H22Br2N2O7. The van der Waals surface area contributed by atoms with Gasteiger partial charge in [0.25, 0.3) is 5.91 Å². The molecule has 1 heterocycles. The molecule has 9 nitrogen and oxygen atoms in total. The van der Waals surface area contributed by atoms with Crippen LogP contribution in [0.4, 0.5) is 5.69 Å². The number of benzene rings is 1. The molecule has 1 aromatic carbocycles. The summed E-state index contributed by atoms with van der Waals surface area (Å²) in [5.74, 6) is -2.15. The molecule has 1 aliphatic heterocycles. The molecule has 2 aliphatic rings. The Balaban J connectivity index is 1.54. The molecule has 3 rings (SSSR count). The van der Waals surface area contributed by atoms with Gasteiger partial charge in [0.2, 0.25) is 11.8 Å². The predicted octanol–water partition coefficient (Wildman–Crippen LogP) is 2.11. The summed E-state index contributed by atoms with van der Waals surface area (Å²) < 4.78 is 15.3. The van der Waals surface area contributed by atoms with E-state index in [2.05, 4.69) is 37.2 Å². The quantitative estimate of drug-likeness (QED) is 0.308. The Labute approximate surface area is 196 Å². The van der Waals surface area contributed by atoms with Gasteiger partial charge < -0.3 is 19.5 Å². The molecule has 0 unspecified atom stereocenters. The van der Waals surface area contributed by atoms with E-state index < -0.39 is 36.9 Å². The molecule has 0 bridgehead atoms. The molecule has 1 N–H and O–H groups in total. The van der Waals surface area contributed by atoms with Gasteiger partial charge in [0.1, 0.15) is 18.0 Å². The van der Waals surface area contributed by atoms with Gasteiger partial charge in [-0.15, -0.1) is 0 Å². The van der Waals surface area contributed by atoms with Gasteiger partial charge in [-0.3, -0.25) is 24.1 Å². The summed E-state index contributed by atoms with van der Waals surface area (Å²) in [6.45, 7) is -1.09. The molecule has 168 valence electrons. The summed E-state index contributed by atoms with van der Waals surface area (Å²) in [4.78, 5) is 50.7. The van der Waals surface area contributed by atoms with Gasteiger partial charge in [-0.2, -0.15) is 0 Å². The van der Waals surface area contributed by atoms with Gasteiger partial charge in [-0.25, -0.2) is 0 Å². The maximum Gasteiger partial charge on any atom is 0.326 e. The number of ether oxygens (including phenoxy) is 3. The third-order valence-corrected chi connectivity index (χ3v) is 8.07. The van der Waals surface area contributed by atoms with Crippen molar-refractivity contribution in [2.75, 3.05) is 32.7 Å². The zero-order valence-electron chi connectivity index (χ0n) is 16.9. The second-order valence-electron chi connectivity index (χ2n) is 7.25. The van der Waals surface area contributed by atoms with E-state index in [1.54, 1.807) is 18.2 Å². The smallest absolute Gasteiger partial charge is 0.326 e. The van der Waals surface area contributed by atoms with Crippen LogP contribution in [0.1, 0.15) is 12.8 Å². The molecule has 0 radical (unpaired) electrons. The van der Waals surface area contributed by atoms with Crippen molar-refractivity contribution >= 4 is 61.2 Å². The molecule has 0 aromatic heterocycles. The van der Waals surface area contributed by atoms with E-state index in [1.165, 1.54) is 14.2 Å². The van der Waals surface area contributed by atoms with E-state index in [0.29, 0.717) is 30.0 Å². The Hall–Kier alpha value is -2.14. The second kappa shape index (κ2) is 9.99. The lowest BCUT2D eigenvalue weighted by atomic mass is 9.81. The monoisotopic (exact) mass is 560 g/mol. The number of imide groups is 1. The summed E-state index contributed by atoms with van der Waals surface area (Å²) in [5.41, 5.74) is 0.352. The Kier molecular flexibility index (Phi) is 7.58. The van der Waals surface area contributed by atoms with Crippen molar-refractivity contribution in [3.05, 3.63) is 18.2 Å². The maximum absolute atomic E-state index is 12.6. The number of methoxy groups -OCH3 is 2. The molecule has 1 saturated carbocycles. The number of hydrogen-bond donors (Lipinski definition) is 1. The van der Waals surface area contributed by atoms with Crippen molar-refractivity contribution in [3.8, 4) is 11.5 Å². The van der Waals surface area contributed by atoms with Gasteiger partial charge in [0.15, 0.2) is 6.61 Å². The predicted molar refractivity (Wildman–Crippen MR) is 117 cm³/mol. The Morgan fingerprint density at radius 1 is 1.06 bits per heavy atom. The molecule has 1 aromatic rings. The van der Waals surface area contributed by atoms with Crippen LogP contribution in [0, 0.1) is 11.8 Å². The summed E-state index contributed by atoms with van der Waals surface area (Å²) >= 11 is 7.03. The number of halogens is 2. The molecule has 1 saturated heterocycles. The van der Waals surface area contributed by atoms with E-state index in [-0.39, 0.29) is 21.5 Å². The fourth-order valence-corrected chi connectivity index (χ4v) is 4.98. The molecule has 3 amide bonds. The van der Waals surface area contributed by atoms with E-state index in [4.69, 9.17) is 14.2 Å². The lowest BCUT2D eigenvalue weighted by molar-refractivity contribution is -0.154. The average molecular weight is 562 g/mol.